The van der Waals surface area contributed by atoms with Crippen molar-refractivity contribution in [3.8, 4) is 0 Å². The van der Waals surface area contributed by atoms with Gasteiger partial charge in [-0.25, -0.2) is 13.1 Å². The molecule has 1 aromatic rings. The van der Waals surface area contributed by atoms with Gasteiger partial charge in [-0.1, -0.05) is 13.0 Å². The minimum absolute atomic E-state index is 0.0971. The number of sulfonamides is 1. The average molecular weight is 382 g/mol. The van der Waals surface area contributed by atoms with Crippen LogP contribution in [0.2, 0.25) is 0 Å². The van der Waals surface area contributed by atoms with Crippen LogP contribution in [0.1, 0.15) is 49.5 Å². The molecule has 1 unspecified atom stereocenters. The molecule has 6 nitrogen and oxygen atoms in total. The molecule has 146 valence electrons. The molecule has 1 atom stereocenters. The van der Waals surface area contributed by atoms with Gasteiger partial charge < -0.3 is 5.32 Å². The third kappa shape index (κ3) is 4.84. The average Bonchev–Trinajstić information content (AvgIpc) is 2.60. The zero-order valence-corrected chi connectivity index (χ0v) is 17.2. The van der Waals surface area contributed by atoms with Crippen LogP contribution in [0.5, 0.6) is 0 Å². The van der Waals surface area contributed by atoms with E-state index >= 15 is 0 Å². The number of hydrogen-bond acceptors (Lipinski definition) is 4. The predicted octanol–water partition coefficient (Wildman–Crippen LogP) is 2.14. The Hall–Kier alpha value is -1.44. The van der Waals surface area contributed by atoms with Gasteiger partial charge in [-0.15, -0.1) is 0 Å². The standard InChI is InChI=1S/C19H31N3O3S/c1-14-7-6-10-22(12-14)19(3,4)13-21-18(23)17-11-16(9-8-15(17)2)26(24,25)20-5/h8-9,11,14,20H,6-7,10,12-13H2,1-5H3,(H,21,23). The number of rotatable bonds is 6. The Labute approximate surface area is 157 Å². The number of carbonyl (C=O) groups excluding carboxylic acids is 1. The summed E-state index contributed by atoms with van der Waals surface area (Å²) in [7, 11) is -2.22. The number of carbonyl (C=O) groups is 1. The molecule has 1 aromatic carbocycles. The van der Waals surface area contributed by atoms with Gasteiger partial charge in [-0.2, -0.15) is 0 Å². The summed E-state index contributed by atoms with van der Waals surface area (Å²) < 4.78 is 26.3. The van der Waals surface area contributed by atoms with Gasteiger partial charge in [0, 0.05) is 24.2 Å². The SMILES string of the molecule is CNS(=O)(=O)c1ccc(C)c(C(=O)NCC(C)(C)N2CCCC(C)C2)c1. The number of aryl methyl sites for hydroxylation is 1. The topological polar surface area (TPSA) is 78.5 Å². The Morgan fingerprint density at radius 3 is 2.65 bits per heavy atom. The van der Waals surface area contributed by atoms with Crippen LogP contribution in [0.25, 0.3) is 0 Å². The van der Waals surface area contributed by atoms with Gasteiger partial charge in [-0.05, 0) is 70.8 Å². The van der Waals surface area contributed by atoms with Crippen LogP contribution in [0.4, 0.5) is 0 Å². The van der Waals surface area contributed by atoms with E-state index in [2.05, 4.69) is 35.7 Å². The van der Waals surface area contributed by atoms with Crippen LogP contribution in [0.3, 0.4) is 0 Å². The Bertz CT molecular complexity index is 759. The second-order valence-corrected chi connectivity index (χ2v) is 9.76. The molecule has 1 saturated heterocycles. The molecule has 0 aliphatic carbocycles. The summed E-state index contributed by atoms with van der Waals surface area (Å²) >= 11 is 0. The molecule has 1 fully saturated rings. The first-order chi connectivity index (χ1) is 12.1. The second kappa shape index (κ2) is 8.06. The minimum atomic E-state index is -3.58. The zero-order valence-electron chi connectivity index (χ0n) is 16.4. The van der Waals surface area contributed by atoms with E-state index in [0.29, 0.717) is 18.0 Å². The number of amides is 1. The smallest absolute Gasteiger partial charge is 0.251 e. The molecule has 2 rings (SSSR count). The van der Waals surface area contributed by atoms with Gasteiger partial charge in [-0.3, -0.25) is 9.69 Å². The number of benzene rings is 1. The molecule has 26 heavy (non-hydrogen) atoms. The van der Waals surface area contributed by atoms with Gasteiger partial charge in [0.15, 0.2) is 0 Å². The number of piperidine rings is 1. The highest BCUT2D eigenvalue weighted by molar-refractivity contribution is 7.89. The van der Waals surface area contributed by atoms with E-state index in [1.807, 2.05) is 6.92 Å². The van der Waals surface area contributed by atoms with Crippen LogP contribution in [0.15, 0.2) is 23.1 Å². The molecule has 0 aromatic heterocycles. The van der Waals surface area contributed by atoms with Crippen LogP contribution in [0, 0.1) is 12.8 Å². The lowest BCUT2D eigenvalue weighted by atomic mass is 9.93. The monoisotopic (exact) mass is 381 g/mol. The van der Waals surface area contributed by atoms with E-state index in [-0.39, 0.29) is 16.3 Å². The van der Waals surface area contributed by atoms with Crippen LogP contribution >= 0.6 is 0 Å². The van der Waals surface area contributed by atoms with Crippen molar-refractivity contribution in [2.75, 3.05) is 26.7 Å². The predicted molar refractivity (Wildman–Crippen MR) is 104 cm³/mol. The molecule has 0 radical (unpaired) electrons. The first kappa shape index (κ1) is 20.9. The van der Waals surface area contributed by atoms with Crippen molar-refractivity contribution in [2.45, 2.75) is 51.0 Å². The van der Waals surface area contributed by atoms with Crippen molar-refractivity contribution in [1.29, 1.82) is 0 Å². The van der Waals surface area contributed by atoms with E-state index in [4.69, 9.17) is 0 Å². The third-order valence-electron chi connectivity index (χ3n) is 5.23. The highest BCUT2D eigenvalue weighted by Crippen LogP contribution is 2.23. The van der Waals surface area contributed by atoms with Crippen molar-refractivity contribution in [1.82, 2.24) is 14.9 Å². The lowest BCUT2D eigenvalue weighted by Gasteiger charge is -2.43. The van der Waals surface area contributed by atoms with Crippen molar-refractivity contribution >= 4 is 15.9 Å². The van der Waals surface area contributed by atoms with Gasteiger partial charge in [0.25, 0.3) is 5.91 Å². The molecule has 0 saturated carbocycles. The maximum absolute atomic E-state index is 12.7. The van der Waals surface area contributed by atoms with E-state index in [1.54, 1.807) is 6.07 Å². The van der Waals surface area contributed by atoms with E-state index in [1.165, 1.54) is 32.0 Å². The number of nitrogens with zero attached hydrogens (tertiary/aromatic N) is 1. The summed E-state index contributed by atoms with van der Waals surface area (Å²) in [5.41, 5.74) is 0.999. The van der Waals surface area contributed by atoms with E-state index in [9.17, 15) is 13.2 Å². The van der Waals surface area contributed by atoms with Gasteiger partial charge in [0.2, 0.25) is 10.0 Å². The molecule has 1 heterocycles. The lowest BCUT2D eigenvalue weighted by Crippen LogP contribution is -2.54. The molecular formula is C19H31N3O3S. The summed E-state index contributed by atoms with van der Waals surface area (Å²) in [4.78, 5) is 15.2. The quantitative estimate of drug-likeness (QED) is 0.791. The summed E-state index contributed by atoms with van der Waals surface area (Å²) in [6.07, 6.45) is 2.44. The van der Waals surface area contributed by atoms with Crippen molar-refractivity contribution in [2.24, 2.45) is 5.92 Å². The van der Waals surface area contributed by atoms with Crippen molar-refractivity contribution in [3.63, 3.8) is 0 Å². The number of hydrogen-bond donors (Lipinski definition) is 2. The van der Waals surface area contributed by atoms with E-state index < -0.39 is 10.0 Å². The largest absolute Gasteiger partial charge is 0.350 e. The molecule has 1 aliphatic rings. The fourth-order valence-corrected chi connectivity index (χ4v) is 4.13. The normalized spacial score (nSPS) is 19.3. The van der Waals surface area contributed by atoms with Gasteiger partial charge in [0.1, 0.15) is 0 Å². The molecule has 2 N–H and O–H groups in total. The molecule has 1 amide bonds. The zero-order chi connectivity index (χ0) is 19.5. The molecule has 7 heteroatoms. The summed E-state index contributed by atoms with van der Waals surface area (Å²) in [5, 5.41) is 2.99. The Morgan fingerprint density at radius 1 is 1.35 bits per heavy atom. The van der Waals surface area contributed by atoms with E-state index in [0.717, 1.165) is 18.7 Å². The third-order valence-corrected chi connectivity index (χ3v) is 6.64. The fourth-order valence-electron chi connectivity index (χ4n) is 3.37. The van der Waals surface area contributed by atoms with Crippen molar-refractivity contribution < 1.29 is 13.2 Å². The highest BCUT2D eigenvalue weighted by atomic mass is 32.2. The van der Waals surface area contributed by atoms with Crippen LogP contribution in [-0.4, -0.2) is 51.4 Å². The van der Waals surface area contributed by atoms with Crippen LogP contribution < -0.4 is 10.0 Å². The number of nitrogens with one attached hydrogen (secondary N) is 2. The summed E-state index contributed by atoms with van der Waals surface area (Å²) in [6.45, 7) is 10.9. The van der Waals surface area contributed by atoms with Gasteiger partial charge >= 0.3 is 0 Å². The fraction of sp³-hybridized carbons (Fsp3) is 0.632. The number of likely N-dealkylation sites (tertiary alicyclic amines) is 1. The highest BCUT2D eigenvalue weighted by Gasteiger charge is 2.30. The first-order valence-electron chi connectivity index (χ1n) is 9.14. The summed E-state index contributed by atoms with van der Waals surface area (Å²) in [6, 6.07) is 4.61. The Balaban J connectivity index is 2.11. The van der Waals surface area contributed by atoms with Gasteiger partial charge in [0.05, 0.1) is 4.90 Å². The molecule has 0 bridgehead atoms. The lowest BCUT2D eigenvalue weighted by molar-refractivity contribution is 0.0657. The maximum atomic E-state index is 12.7. The maximum Gasteiger partial charge on any atom is 0.251 e. The second-order valence-electron chi connectivity index (χ2n) is 7.87. The summed E-state index contributed by atoms with van der Waals surface area (Å²) in [5.74, 6) is 0.429. The Kier molecular flexibility index (Phi) is 6.47. The van der Waals surface area contributed by atoms with Crippen LogP contribution in [-0.2, 0) is 10.0 Å². The molecule has 0 spiro atoms. The minimum Gasteiger partial charge on any atom is -0.350 e. The molecule has 1 aliphatic heterocycles. The Morgan fingerprint density at radius 2 is 2.04 bits per heavy atom. The van der Waals surface area contributed by atoms with Crippen molar-refractivity contribution in [3.05, 3.63) is 29.3 Å². The molecular weight excluding hydrogens is 350 g/mol. The first-order valence-corrected chi connectivity index (χ1v) is 10.6.